The summed E-state index contributed by atoms with van der Waals surface area (Å²) in [4.78, 5) is 14.4. The van der Waals surface area contributed by atoms with Crippen LogP contribution in [-0.2, 0) is 11.3 Å². The van der Waals surface area contributed by atoms with E-state index in [-0.39, 0.29) is 5.91 Å². The number of benzene rings is 1. The summed E-state index contributed by atoms with van der Waals surface area (Å²) < 4.78 is 0. The lowest BCUT2D eigenvalue weighted by molar-refractivity contribution is -0.123. The highest BCUT2D eigenvalue weighted by atomic mass is 16.2. The van der Waals surface area contributed by atoms with Gasteiger partial charge in [0, 0.05) is 19.1 Å². The molecule has 1 saturated heterocycles. The van der Waals surface area contributed by atoms with Crippen LogP contribution in [0.1, 0.15) is 30.4 Å². The van der Waals surface area contributed by atoms with Crippen molar-refractivity contribution in [2.45, 2.75) is 38.8 Å². The highest BCUT2D eigenvalue weighted by Gasteiger charge is 2.23. The van der Waals surface area contributed by atoms with E-state index in [0.29, 0.717) is 19.1 Å². The maximum atomic E-state index is 12.1. The van der Waals surface area contributed by atoms with Crippen molar-refractivity contribution in [2.24, 2.45) is 0 Å². The van der Waals surface area contributed by atoms with Crippen LogP contribution in [0.5, 0.6) is 0 Å². The van der Waals surface area contributed by atoms with E-state index in [1.165, 1.54) is 24.8 Å². The molecule has 1 atom stereocenters. The second-order valence-corrected chi connectivity index (χ2v) is 5.94. The Kier molecular flexibility index (Phi) is 6.21. The van der Waals surface area contributed by atoms with Gasteiger partial charge in [-0.1, -0.05) is 36.2 Å². The molecule has 4 heteroatoms. The molecule has 1 unspecified atom stereocenters. The molecule has 0 bridgehead atoms. The number of nitrogens with zero attached hydrogens (tertiary/aromatic N) is 1. The highest BCUT2D eigenvalue weighted by Crippen LogP contribution is 2.15. The number of piperidine rings is 1. The zero-order valence-corrected chi connectivity index (χ0v) is 13.2. The fourth-order valence-electron chi connectivity index (χ4n) is 2.88. The van der Waals surface area contributed by atoms with Gasteiger partial charge in [-0.3, -0.25) is 9.69 Å². The summed E-state index contributed by atoms with van der Waals surface area (Å²) in [5, 5.41) is 6.26. The fraction of sp³-hybridized carbons (Fsp3) is 0.588. The molecule has 0 aliphatic carbocycles. The molecule has 0 saturated carbocycles. The summed E-state index contributed by atoms with van der Waals surface area (Å²) in [6.45, 7) is 5.19. The van der Waals surface area contributed by atoms with Gasteiger partial charge >= 0.3 is 0 Å². The lowest BCUT2D eigenvalue weighted by atomic mass is 10.0. The molecule has 1 aromatic rings. The van der Waals surface area contributed by atoms with Crippen LogP contribution in [0.15, 0.2) is 24.3 Å². The fourth-order valence-corrected chi connectivity index (χ4v) is 2.88. The summed E-state index contributed by atoms with van der Waals surface area (Å²) in [5.41, 5.74) is 2.40. The Hall–Kier alpha value is -1.39. The van der Waals surface area contributed by atoms with Crippen molar-refractivity contribution in [3.8, 4) is 0 Å². The lowest BCUT2D eigenvalue weighted by Crippen LogP contribution is -2.48. The van der Waals surface area contributed by atoms with E-state index in [1.807, 2.05) is 7.05 Å². The Morgan fingerprint density at radius 3 is 2.76 bits per heavy atom. The van der Waals surface area contributed by atoms with Crippen LogP contribution >= 0.6 is 0 Å². The highest BCUT2D eigenvalue weighted by molar-refractivity contribution is 5.78. The zero-order chi connectivity index (χ0) is 15.1. The number of aryl methyl sites for hydroxylation is 1. The first-order chi connectivity index (χ1) is 10.2. The van der Waals surface area contributed by atoms with Gasteiger partial charge in [-0.05, 0) is 38.9 Å². The van der Waals surface area contributed by atoms with Crippen molar-refractivity contribution in [3.05, 3.63) is 35.4 Å². The number of carbonyl (C=O) groups excluding carboxylic acids is 1. The molecule has 0 aromatic heterocycles. The Balaban J connectivity index is 1.78. The van der Waals surface area contributed by atoms with Gasteiger partial charge < -0.3 is 10.6 Å². The number of hydrogen-bond acceptors (Lipinski definition) is 3. The summed E-state index contributed by atoms with van der Waals surface area (Å²) in [7, 11) is 1.98. The van der Waals surface area contributed by atoms with Gasteiger partial charge in [-0.25, -0.2) is 0 Å². The molecule has 0 radical (unpaired) electrons. The number of nitrogens with one attached hydrogen (secondary N) is 2. The Morgan fingerprint density at radius 1 is 1.29 bits per heavy atom. The molecule has 21 heavy (non-hydrogen) atoms. The zero-order valence-electron chi connectivity index (χ0n) is 13.2. The van der Waals surface area contributed by atoms with Crippen LogP contribution in [0.25, 0.3) is 0 Å². The van der Waals surface area contributed by atoms with E-state index < -0.39 is 0 Å². The predicted octanol–water partition coefficient (Wildman–Crippen LogP) is 1.69. The first-order valence-electron chi connectivity index (χ1n) is 7.90. The van der Waals surface area contributed by atoms with Crippen molar-refractivity contribution in [2.75, 3.05) is 26.7 Å². The minimum absolute atomic E-state index is 0.124. The number of rotatable bonds is 6. The minimum atomic E-state index is 0.124. The molecule has 1 aliphatic rings. The number of likely N-dealkylation sites (tertiary alicyclic amines) is 1. The minimum Gasteiger partial charge on any atom is -0.351 e. The lowest BCUT2D eigenvalue weighted by Gasteiger charge is -2.35. The largest absolute Gasteiger partial charge is 0.351 e. The first-order valence-corrected chi connectivity index (χ1v) is 7.90. The summed E-state index contributed by atoms with van der Waals surface area (Å²) >= 11 is 0. The maximum absolute atomic E-state index is 12.1. The smallest absolute Gasteiger partial charge is 0.234 e. The van der Waals surface area contributed by atoms with Crippen LogP contribution in [0.4, 0.5) is 0 Å². The molecular weight excluding hydrogens is 262 g/mol. The standard InChI is InChI=1S/C17H27N3O/c1-14-6-8-15(9-7-14)11-19-17(21)13-20-10-4-3-5-16(20)12-18-2/h6-9,16,18H,3-5,10-13H2,1-2H3,(H,19,21). The third kappa shape index (κ3) is 5.14. The third-order valence-corrected chi connectivity index (χ3v) is 4.15. The Labute approximate surface area is 127 Å². The van der Waals surface area contributed by atoms with Gasteiger partial charge in [0.2, 0.25) is 5.91 Å². The quantitative estimate of drug-likeness (QED) is 0.837. The van der Waals surface area contributed by atoms with Crippen molar-refractivity contribution >= 4 is 5.91 Å². The topological polar surface area (TPSA) is 44.4 Å². The van der Waals surface area contributed by atoms with E-state index in [0.717, 1.165) is 18.7 Å². The van der Waals surface area contributed by atoms with E-state index in [9.17, 15) is 4.79 Å². The number of likely N-dealkylation sites (N-methyl/N-ethyl adjacent to an activating group) is 1. The average molecular weight is 289 g/mol. The molecule has 116 valence electrons. The molecule has 2 rings (SSSR count). The average Bonchev–Trinajstić information content (AvgIpc) is 2.49. The molecule has 1 heterocycles. The van der Waals surface area contributed by atoms with Crippen LogP contribution in [-0.4, -0.2) is 43.5 Å². The molecule has 1 amide bonds. The van der Waals surface area contributed by atoms with Crippen molar-refractivity contribution in [1.29, 1.82) is 0 Å². The number of amides is 1. The Morgan fingerprint density at radius 2 is 2.05 bits per heavy atom. The van der Waals surface area contributed by atoms with Gasteiger partial charge in [0.1, 0.15) is 0 Å². The molecule has 1 aliphatic heterocycles. The summed E-state index contributed by atoms with van der Waals surface area (Å²) in [6.07, 6.45) is 3.66. The van der Waals surface area contributed by atoms with Crippen LogP contribution < -0.4 is 10.6 Å². The number of hydrogen-bond donors (Lipinski definition) is 2. The van der Waals surface area contributed by atoms with Crippen LogP contribution in [0, 0.1) is 6.92 Å². The van der Waals surface area contributed by atoms with Crippen molar-refractivity contribution in [3.63, 3.8) is 0 Å². The molecule has 2 N–H and O–H groups in total. The van der Waals surface area contributed by atoms with Gasteiger partial charge in [-0.2, -0.15) is 0 Å². The van der Waals surface area contributed by atoms with Gasteiger partial charge in [-0.15, -0.1) is 0 Å². The van der Waals surface area contributed by atoms with E-state index in [1.54, 1.807) is 0 Å². The van der Waals surface area contributed by atoms with Crippen LogP contribution in [0.2, 0.25) is 0 Å². The van der Waals surface area contributed by atoms with Gasteiger partial charge in [0.05, 0.1) is 6.54 Å². The summed E-state index contributed by atoms with van der Waals surface area (Å²) in [6, 6.07) is 8.79. The predicted molar refractivity (Wildman–Crippen MR) is 86.2 cm³/mol. The second kappa shape index (κ2) is 8.15. The van der Waals surface area contributed by atoms with Crippen LogP contribution in [0.3, 0.4) is 0 Å². The Bertz CT molecular complexity index is 442. The SMILES string of the molecule is CNCC1CCCCN1CC(=O)NCc1ccc(C)cc1. The second-order valence-electron chi connectivity index (χ2n) is 5.94. The van der Waals surface area contributed by atoms with Gasteiger partial charge in [0.15, 0.2) is 0 Å². The third-order valence-electron chi connectivity index (χ3n) is 4.15. The van der Waals surface area contributed by atoms with E-state index in [4.69, 9.17) is 0 Å². The normalized spacial score (nSPS) is 19.4. The van der Waals surface area contributed by atoms with Crippen molar-refractivity contribution in [1.82, 2.24) is 15.5 Å². The molecule has 4 nitrogen and oxygen atoms in total. The van der Waals surface area contributed by atoms with Crippen molar-refractivity contribution < 1.29 is 4.79 Å². The maximum Gasteiger partial charge on any atom is 0.234 e. The molecular formula is C17H27N3O. The molecule has 1 fully saturated rings. The van der Waals surface area contributed by atoms with E-state index in [2.05, 4.69) is 46.7 Å². The molecule has 0 spiro atoms. The first kappa shape index (κ1) is 16.0. The van der Waals surface area contributed by atoms with Gasteiger partial charge in [0.25, 0.3) is 0 Å². The summed E-state index contributed by atoms with van der Waals surface area (Å²) in [5.74, 6) is 0.124. The monoisotopic (exact) mass is 289 g/mol. The molecule has 1 aromatic carbocycles. The number of carbonyl (C=O) groups is 1. The van der Waals surface area contributed by atoms with E-state index >= 15 is 0 Å².